The van der Waals surface area contributed by atoms with Crippen LogP contribution in [0, 0.1) is 11.8 Å². The zero-order valence-electron chi connectivity index (χ0n) is 16.1. The average Bonchev–Trinajstić information content (AvgIpc) is 3.29. The quantitative estimate of drug-likeness (QED) is 0.651. The van der Waals surface area contributed by atoms with Crippen molar-refractivity contribution in [2.24, 2.45) is 11.8 Å². The summed E-state index contributed by atoms with van der Waals surface area (Å²) in [7, 11) is 0. The van der Waals surface area contributed by atoms with Crippen molar-refractivity contribution in [2.45, 2.75) is 38.9 Å². The van der Waals surface area contributed by atoms with Crippen LogP contribution in [-0.2, 0) is 23.8 Å². The molecular formula is C20H22NO8-. The van der Waals surface area contributed by atoms with Crippen LogP contribution in [0.1, 0.15) is 47.4 Å². The van der Waals surface area contributed by atoms with Gasteiger partial charge in [-0.05, 0) is 44.9 Å². The Morgan fingerprint density at radius 1 is 0.966 bits per heavy atom. The topological polar surface area (TPSA) is 131 Å². The number of carbonyl (C=O) groups excluding carboxylic acids is 4. The molecule has 1 aromatic carbocycles. The van der Waals surface area contributed by atoms with Crippen LogP contribution in [0.25, 0.3) is 0 Å². The van der Waals surface area contributed by atoms with Gasteiger partial charge >= 0.3 is 11.9 Å². The molecule has 2 aliphatic heterocycles. The van der Waals surface area contributed by atoms with Crippen LogP contribution in [0.4, 0.5) is 5.69 Å². The smallest absolute Gasteiger partial charge is 0.338 e. The third-order valence-electron chi connectivity index (χ3n) is 5.07. The van der Waals surface area contributed by atoms with Crippen molar-refractivity contribution in [3.05, 3.63) is 29.3 Å². The van der Waals surface area contributed by atoms with E-state index in [0.29, 0.717) is 12.8 Å². The molecule has 9 nitrogen and oxygen atoms in total. The van der Waals surface area contributed by atoms with Gasteiger partial charge < -0.3 is 29.4 Å². The van der Waals surface area contributed by atoms with Gasteiger partial charge in [0.1, 0.15) is 0 Å². The molecule has 3 rings (SSSR count). The molecule has 1 N–H and O–H groups in total. The maximum Gasteiger partial charge on any atom is 0.338 e. The highest BCUT2D eigenvalue weighted by Crippen LogP contribution is 2.43. The molecule has 0 aromatic heterocycles. The first-order valence-electron chi connectivity index (χ1n) is 9.52. The summed E-state index contributed by atoms with van der Waals surface area (Å²) in [5.41, 5.74) is 0.283. The second kappa shape index (κ2) is 8.60. The van der Waals surface area contributed by atoms with Crippen LogP contribution >= 0.6 is 0 Å². The van der Waals surface area contributed by atoms with E-state index < -0.39 is 47.9 Å². The fraction of sp³-hybridized carbons (Fsp3) is 0.500. The van der Waals surface area contributed by atoms with Crippen LogP contribution in [0.15, 0.2) is 18.2 Å². The number of anilines is 1. The molecule has 2 aliphatic rings. The number of rotatable bonds is 7. The molecular weight excluding hydrogens is 382 g/mol. The van der Waals surface area contributed by atoms with Gasteiger partial charge in [0.25, 0.3) is 0 Å². The number of carboxylic acids is 1. The van der Waals surface area contributed by atoms with E-state index >= 15 is 0 Å². The first-order chi connectivity index (χ1) is 13.8. The summed E-state index contributed by atoms with van der Waals surface area (Å²) in [6, 6.07) is 4.04. The fourth-order valence-corrected chi connectivity index (χ4v) is 3.90. The standard InChI is InChI=1S/C20H23NO8/c1-3-27-19(25)10-7-11(20(26)28-4-2)9-12(8-10)21-17(22)15-13-5-6-14(29-13)16(15)18(23)24/h7-9,13-16H,3-6H2,1-2H3,(H,21,22)(H,23,24)/p-1. The van der Waals surface area contributed by atoms with E-state index in [-0.39, 0.29) is 30.0 Å². The molecule has 0 aliphatic carbocycles. The molecule has 2 saturated heterocycles. The maximum atomic E-state index is 12.8. The summed E-state index contributed by atoms with van der Waals surface area (Å²) in [5, 5.41) is 14.1. The molecule has 4 atom stereocenters. The zero-order valence-corrected chi connectivity index (χ0v) is 16.1. The number of hydrogen-bond donors (Lipinski definition) is 1. The van der Waals surface area contributed by atoms with E-state index in [1.807, 2.05) is 0 Å². The molecule has 1 aromatic rings. The van der Waals surface area contributed by atoms with Gasteiger partial charge in [-0.25, -0.2) is 9.59 Å². The number of amides is 1. The number of esters is 2. The van der Waals surface area contributed by atoms with Gasteiger partial charge in [0.05, 0.1) is 42.5 Å². The third-order valence-corrected chi connectivity index (χ3v) is 5.07. The SMILES string of the molecule is CCOC(=O)c1cc(NC(=O)C2C3CCC(O3)C2C(=O)[O-])cc(C(=O)OCC)c1. The van der Waals surface area contributed by atoms with Gasteiger partial charge in [-0.1, -0.05) is 0 Å². The number of benzene rings is 1. The van der Waals surface area contributed by atoms with E-state index in [2.05, 4.69) is 5.32 Å². The summed E-state index contributed by atoms with van der Waals surface area (Å²) in [5.74, 6) is -5.16. The number of aliphatic carboxylic acids is 1. The first-order valence-corrected chi connectivity index (χ1v) is 9.52. The Morgan fingerprint density at radius 3 is 1.97 bits per heavy atom. The predicted octanol–water partition coefficient (Wildman–Crippen LogP) is 0.522. The molecule has 0 saturated carbocycles. The first kappa shape index (κ1) is 20.8. The number of carboxylic acid groups (broad SMARTS) is 1. The van der Waals surface area contributed by atoms with E-state index in [4.69, 9.17) is 14.2 Å². The largest absolute Gasteiger partial charge is 0.550 e. The summed E-state index contributed by atoms with van der Waals surface area (Å²) < 4.78 is 15.5. The lowest BCUT2D eigenvalue weighted by Gasteiger charge is -2.27. The lowest BCUT2D eigenvalue weighted by molar-refractivity contribution is -0.313. The van der Waals surface area contributed by atoms with Crippen LogP contribution in [-0.4, -0.2) is 49.2 Å². The Morgan fingerprint density at radius 2 is 1.48 bits per heavy atom. The Labute approximate surface area is 167 Å². The molecule has 1 amide bonds. The van der Waals surface area contributed by atoms with Gasteiger partial charge in [0, 0.05) is 17.6 Å². The van der Waals surface area contributed by atoms with Crippen molar-refractivity contribution in [1.29, 1.82) is 0 Å². The summed E-state index contributed by atoms with van der Waals surface area (Å²) in [4.78, 5) is 48.6. The molecule has 2 heterocycles. The van der Waals surface area contributed by atoms with E-state index in [9.17, 15) is 24.3 Å². The van der Waals surface area contributed by atoms with Crippen LogP contribution in [0.2, 0.25) is 0 Å². The molecule has 4 unspecified atom stereocenters. The minimum Gasteiger partial charge on any atom is -0.550 e. The van der Waals surface area contributed by atoms with Crippen molar-refractivity contribution in [2.75, 3.05) is 18.5 Å². The highest BCUT2D eigenvalue weighted by molar-refractivity contribution is 6.01. The summed E-state index contributed by atoms with van der Waals surface area (Å²) in [6.45, 7) is 3.57. The second-order valence-corrected chi connectivity index (χ2v) is 6.89. The van der Waals surface area contributed by atoms with Gasteiger partial charge in [0.2, 0.25) is 5.91 Å². The van der Waals surface area contributed by atoms with E-state index in [0.717, 1.165) is 0 Å². The Kier molecular flexibility index (Phi) is 6.17. The monoisotopic (exact) mass is 404 g/mol. The molecule has 2 bridgehead atoms. The lowest BCUT2D eigenvalue weighted by atomic mass is 9.78. The van der Waals surface area contributed by atoms with Crippen molar-refractivity contribution < 1.29 is 38.5 Å². The normalized spacial score (nSPS) is 24.8. The number of hydrogen-bond acceptors (Lipinski definition) is 8. The average molecular weight is 404 g/mol. The number of carbonyl (C=O) groups is 4. The molecule has 156 valence electrons. The van der Waals surface area contributed by atoms with Crippen LogP contribution in [0.5, 0.6) is 0 Å². The number of nitrogens with one attached hydrogen (secondary N) is 1. The number of fused-ring (bicyclic) bond motifs is 2. The van der Waals surface area contributed by atoms with Gasteiger partial charge in [-0.2, -0.15) is 0 Å². The molecule has 2 fully saturated rings. The summed E-state index contributed by atoms with van der Waals surface area (Å²) in [6.07, 6.45) is 0.115. The highest BCUT2D eigenvalue weighted by atomic mass is 16.5. The Balaban J connectivity index is 1.87. The Hall–Kier alpha value is -2.94. The third kappa shape index (κ3) is 4.24. The van der Waals surface area contributed by atoms with E-state index in [1.54, 1.807) is 13.8 Å². The van der Waals surface area contributed by atoms with Gasteiger partial charge in [0.15, 0.2) is 0 Å². The molecule has 0 radical (unpaired) electrons. The zero-order chi connectivity index (χ0) is 21.1. The lowest BCUT2D eigenvalue weighted by Crippen LogP contribution is -2.46. The molecule has 9 heteroatoms. The van der Waals surface area contributed by atoms with Gasteiger partial charge in [-0.15, -0.1) is 0 Å². The van der Waals surface area contributed by atoms with Crippen molar-refractivity contribution in [1.82, 2.24) is 0 Å². The minimum atomic E-state index is -1.33. The molecule has 29 heavy (non-hydrogen) atoms. The Bertz CT molecular complexity index is 800. The maximum absolute atomic E-state index is 12.8. The predicted molar refractivity (Wildman–Crippen MR) is 96.9 cm³/mol. The van der Waals surface area contributed by atoms with Crippen molar-refractivity contribution in [3.63, 3.8) is 0 Å². The van der Waals surface area contributed by atoms with Gasteiger partial charge in [-0.3, -0.25) is 4.79 Å². The fourth-order valence-electron chi connectivity index (χ4n) is 3.90. The summed E-state index contributed by atoms with van der Waals surface area (Å²) >= 11 is 0. The van der Waals surface area contributed by atoms with Crippen molar-refractivity contribution in [3.8, 4) is 0 Å². The number of ether oxygens (including phenoxy) is 3. The molecule has 0 spiro atoms. The minimum absolute atomic E-state index is 0.0633. The van der Waals surface area contributed by atoms with Crippen LogP contribution < -0.4 is 10.4 Å². The second-order valence-electron chi connectivity index (χ2n) is 6.89. The van der Waals surface area contributed by atoms with Crippen LogP contribution in [0.3, 0.4) is 0 Å². The van der Waals surface area contributed by atoms with E-state index in [1.165, 1.54) is 18.2 Å². The highest BCUT2D eigenvalue weighted by Gasteiger charge is 2.52. The van der Waals surface area contributed by atoms with Crippen molar-refractivity contribution >= 4 is 29.5 Å².